The highest BCUT2D eigenvalue weighted by Crippen LogP contribution is 2.17. The van der Waals surface area contributed by atoms with Gasteiger partial charge in [-0.1, -0.05) is 28.1 Å². The third-order valence-corrected chi connectivity index (χ3v) is 6.29. The number of halogens is 1. The smallest absolute Gasteiger partial charge is 0.226 e. The number of sulfone groups is 1. The highest BCUT2D eigenvalue weighted by atomic mass is 79.9. The summed E-state index contributed by atoms with van der Waals surface area (Å²) in [6, 6.07) is 6.62. The first kappa shape index (κ1) is 15.6. The lowest BCUT2D eigenvalue weighted by atomic mass is 10.1. The van der Waals surface area contributed by atoms with E-state index in [1.54, 1.807) is 31.2 Å². The van der Waals surface area contributed by atoms with Crippen molar-refractivity contribution < 1.29 is 16.8 Å². The molecule has 0 radical (unpaired) electrons. The van der Waals surface area contributed by atoms with Crippen molar-refractivity contribution in [3.05, 3.63) is 34.3 Å². The molecule has 0 aliphatic rings. The molecule has 1 unspecified atom stereocenters. The summed E-state index contributed by atoms with van der Waals surface area (Å²) in [5.41, 5.74) is 0.760. The second kappa shape index (κ2) is 5.68. The van der Waals surface area contributed by atoms with Gasteiger partial charge in [0.2, 0.25) is 10.0 Å². The van der Waals surface area contributed by atoms with Crippen LogP contribution in [-0.4, -0.2) is 28.2 Å². The van der Waals surface area contributed by atoms with Crippen molar-refractivity contribution in [1.82, 2.24) is 4.72 Å². The Hall–Kier alpha value is -0.440. The molecule has 1 aromatic rings. The molecule has 18 heavy (non-hydrogen) atoms. The average Bonchev–Trinajstić information content (AvgIpc) is 2.13. The van der Waals surface area contributed by atoms with E-state index in [1.807, 2.05) is 0 Å². The second-order valence-electron chi connectivity index (χ2n) is 4.05. The third kappa shape index (κ3) is 5.47. The zero-order valence-corrected chi connectivity index (χ0v) is 13.1. The molecule has 0 aliphatic heterocycles. The molecule has 1 aromatic carbocycles. The molecule has 1 N–H and O–H groups in total. The highest BCUT2D eigenvalue weighted by Gasteiger charge is 2.20. The summed E-state index contributed by atoms with van der Waals surface area (Å²) in [5.74, 6) is 0. The normalized spacial score (nSPS) is 14.4. The molecule has 0 bridgehead atoms. The van der Waals surface area contributed by atoms with E-state index in [2.05, 4.69) is 20.7 Å². The second-order valence-corrected chi connectivity index (χ2v) is 9.22. The van der Waals surface area contributed by atoms with Crippen molar-refractivity contribution in [2.24, 2.45) is 0 Å². The number of nitrogens with one attached hydrogen (secondary N) is 1. The summed E-state index contributed by atoms with van der Waals surface area (Å²) in [6.45, 7) is 1.66. The molecular weight excluding hydrogens is 342 g/mol. The van der Waals surface area contributed by atoms with Crippen molar-refractivity contribution in [3.8, 4) is 0 Å². The fraction of sp³-hybridized carbons (Fsp3) is 0.400. The van der Waals surface area contributed by atoms with E-state index in [0.29, 0.717) is 0 Å². The lowest BCUT2D eigenvalue weighted by Crippen LogP contribution is -2.31. The van der Waals surface area contributed by atoms with Crippen molar-refractivity contribution in [2.75, 3.05) is 11.3 Å². The molecule has 0 aliphatic carbocycles. The summed E-state index contributed by atoms with van der Waals surface area (Å²) in [6.07, 6.45) is 0.885. The van der Waals surface area contributed by atoms with E-state index in [-0.39, 0.29) is 0 Å². The molecule has 1 rings (SSSR count). The minimum atomic E-state index is -3.85. The number of hydrogen-bond donors (Lipinski definition) is 1. The molecule has 0 saturated heterocycles. The van der Waals surface area contributed by atoms with Gasteiger partial charge in [0.05, 0.1) is 0 Å². The van der Waals surface area contributed by atoms with E-state index in [4.69, 9.17) is 0 Å². The maximum Gasteiger partial charge on any atom is 0.226 e. The number of sulfonamides is 1. The molecule has 0 saturated carbocycles. The minimum Gasteiger partial charge on any atom is -0.228 e. The Balaban J connectivity index is 2.82. The Bertz CT molecular complexity index is 608. The molecule has 0 fully saturated rings. The number of hydrogen-bond acceptors (Lipinski definition) is 4. The van der Waals surface area contributed by atoms with Crippen LogP contribution in [0.4, 0.5) is 0 Å². The standard InChI is InChI=1S/C10H14BrNO4S2/c1-8(9-3-5-10(11)6-4-9)12-18(15,16)7-17(2,13)14/h3-6,8,12H,7H2,1-2H3. The van der Waals surface area contributed by atoms with E-state index in [1.165, 1.54) is 0 Å². The predicted molar refractivity (Wildman–Crippen MR) is 74.3 cm³/mol. The zero-order chi connectivity index (χ0) is 14.0. The zero-order valence-electron chi connectivity index (χ0n) is 9.92. The summed E-state index contributed by atoms with van der Waals surface area (Å²) >= 11 is 3.28. The van der Waals surface area contributed by atoms with Gasteiger partial charge in [-0.05, 0) is 24.6 Å². The molecule has 102 valence electrons. The molecule has 0 amide bonds. The highest BCUT2D eigenvalue weighted by molar-refractivity contribution is 9.10. The lowest BCUT2D eigenvalue weighted by Gasteiger charge is -2.14. The molecule has 0 aromatic heterocycles. The molecule has 0 heterocycles. The van der Waals surface area contributed by atoms with Crippen molar-refractivity contribution >= 4 is 35.8 Å². The van der Waals surface area contributed by atoms with E-state index < -0.39 is 31.0 Å². The fourth-order valence-corrected chi connectivity index (χ4v) is 4.87. The Morgan fingerprint density at radius 2 is 1.67 bits per heavy atom. The van der Waals surface area contributed by atoms with Gasteiger partial charge in [0, 0.05) is 16.8 Å². The Labute approximate surface area is 116 Å². The van der Waals surface area contributed by atoms with Crippen molar-refractivity contribution in [2.45, 2.75) is 13.0 Å². The average molecular weight is 356 g/mol. The van der Waals surface area contributed by atoms with Crippen LogP contribution in [0.5, 0.6) is 0 Å². The van der Waals surface area contributed by atoms with Gasteiger partial charge in [-0.25, -0.2) is 21.6 Å². The number of rotatable bonds is 5. The van der Waals surface area contributed by atoms with Gasteiger partial charge < -0.3 is 0 Å². The molecule has 8 heteroatoms. The first-order valence-electron chi connectivity index (χ1n) is 5.02. The van der Waals surface area contributed by atoms with E-state index >= 15 is 0 Å². The minimum absolute atomic E-state index is 0.482. The monoisotopic (exact) mass is 355 g/mol. The first-order chi connectivity index (χ1) is 8.09. The van der Waals surface area contributed by atoms with Crippen LogP contribution < -0.4 is 4.72 Å². The molecule has 1 atom stereocenters. The van der Waals surface area contributed by atoms with Gasteiger partial charge >= 0.3 is 0 Å². The fourth-order valence-electron chi connectivity index (χ4n) is 1.40. The van der Waals surface area contributed by atoms with Gasteiger partial charge in [-0.2, -0.15) is 0 Å². The third-order valence-electron chi connectivity index (χ3n) is 2.10. The largest absolute Gasteiger partial charge is 0.228 e. The van der Waals surface area contributed by atoms with Crippen LogP contribution in [0.2, 0.25) is 0 Å². The summed E-state index contributed by atoms with van der Waals surface area (Å²) in [4.78, 5) is 0. The van der Waals surface area contributed by atoms with Crippen LogP contribution in [0.25, 0.3) is 0 Å². The summed E-state index contributed by atoms with van der Waals surface area (Å²) < 4.78 is 48.4. The predicted octanol–water partition coefficient (Wildman–Crippen LogP) is 1.43. The Kier molecular flexibility index (Phi) is 4.93. The molecule has 0 spiro atoms. The van der Waals surface area contributed by atoms with Crippen LogP contribution >= 0.6 is 15.9 Å². The first-order valence-corrected chi connectivity index (χ1v) is 9.53. The van der Waals surface area contributed by atoms with Crippen LogP contribution in [0, 0.1) is 0 Å². The van der Waals surface area contributed by atoms with Crippen LogP contribution in [0.1, 0.15) is 18.5 Å². The quantitative estimate of drug-likeness (QED) is 0.866. The van der Waals surface area contributed by atoms with Crippen molar-refractivity contribution in [3.63, 3.8) is 0 Å². The van der Waals surface area contributed by atoms with Crippen LogP contribution in [-0.2, 0) is 19.9 Å². The maximum absolute atomic E-state index is 11.6. The summed E-state index contributed by atoms with van der Waals surface area (Å²) in [7, 11) is -7.42. The van der Waals surface area contributed by atoms with Crippen LogP contribution in [0.3, 0.4) is 0 Å². The van der Waals surface area contributed by atoms with E-state index in [9.17, 15) is 16.8 Å². The molecular formula is C10H14BrNO4S2. The van der Waals surface area contributed by atoms with Crippen LogP contribution in [0.15, 0.2) is 28.7 Å². The van der Waals surface area contributed by atoms with Gasteiger partial charge in [0.15, 0.2) is 14.9 Å². The van der Waals surface area contributed by atoms with Gasteiger partial charge in [0.25, 0.3) is 0 Å². The topological polar surface area (TPSA) is 80.3 Å². The van der Waals surface area contributed by atoms with E-state index in [0.717, 1.165) is 16.3 Å². The maximum atomic E-state index is 11.6. The molecule has 5 nitrogen and oxygen atoms in total. The number of benzene rings is 1. The summed E-state index contributed by atoms with van der Waals surface area (Å²) in [5, 5.41) is -0.902. The Morgan fingerprint density at radius 3 is 2.11 bits per heavy atom. The van der Waals surface area contributed by atoms with Crippen molar-refractivity contribution in [1.29, 1.82) is 0 Å². The van der Waals surface area contributed by atoms with Gasteiger partial charge in [-0.15, -0.1) is 0 Å². The van der Waals surface area contributed by atoms with Gasteiger partial charge in [-0.3, -0.25) is 0 Å². The lowest BCUT2D eigenvalue weighted by molar-refractivity contribution is 0.568. The SMILES string of the molecule is CC(NS(=O)(=O)CS(C)(=O)=O)c1ccc(Br)cc1. The Morgan fingerprint density at radius 1 is 1.17 bits per heavy atom. The van der Waals surface area contributed by atoms with Gasteiger partial charge in [0.1, 0.15) is 0 Å².